The third-order valence-corrected chi connectivity index (χ3v) is 11.7. The normalized spacial score (nSPS) is 20.4. The molecule has 0 spiro atoms. The van der Waals surface area contributed by atoms with Crippen molar-refractivity contribution in [1.29, 1.82) is 0 Å². The molecule has 0 radical (unpaired) electrons. The van der Waals surface area contributed by atoms with E-state index in [4.69, 9.17) is 14.2 Å². The Balaban J connectivity index is 2.25. The molecule has 362 valence electrons. The second-order valence-corrected chi connectivity index (χ2v) is 17.5. The van der Waals surface area contributed by atoms with Gasteiger partial charge in [-0.2, -0.15) is 0 Å². The SMILES string of the molecule is CCCC/C=C\CCCCCCCC(=O)OCCCC/C=C\CCCCCCCC(=O)NC(COC1OC(CO)C(O)C(O)C1O)C(O)/C=C/CCCCCCCCCCCC. The number of hydrogen-bond acceptors (Lipinski definition) is 10. The van der Waals surface area contributed by atoms with Gasteiger partial charge < -0.3 is 45.1 Å². The summed E-state index contributed by atoms with van der Waals surface area (Å²) in [4.78, 5) is 25.0. The van der Waals surface area contributed by atoms with Crippen LogP contribution in [-0.4, -0.2) is 100 Å². The predicted molar refractivity (Wildman–Crippen MR) is 251 cm³/mol. The molecular weight excluding hydrogens is 787 g/mol. The zero-order valence-corrected chi connectivity index (χ0v) is 39.3. The lowest BCUT2D eigenvalue weighted by atomic mass is 9.99. The zero-order chi connectivity index (χ0) is 45.3. The fourth-order valence-corrected chi connectivity index (χ4v) is 7.58. The van der Waals surface area contributed by atoms with E-state index < -0.39 is 49.5 Å². The van der Waals surface area contributed by atoms with Gasteiger partial charge in [0.15, 0.2) is 6.29 Å². The Bertz CT molecular complexity index is 1130. The van der Waals surface area contributed by atoms with Gasteiger partial charge >= 0.3 is 5.97 Å². The first-order valence-corrected chi connectivity index (χ1v) is 25.3. The number of allylic oxidation sites excluding steroid dienone is 5. The van der Waals surface area contributed by atoms with Crippen molar-refractivity contribution in [3.8, 4) is 0 Å². The van der Waals surface area contributed by atoms with Gasteiger partial charge in [-0.05, 0) is 77.0 Å². The molecule has 0 aliphatic carbocycles. The van der Waals surface area contributed by atoms with E-state index in [2.05, 4.69) is 43.5 Å². The molecule has 62 heavy (non-hydrogen) atoms. The van der Waals surface area contributed by atoms with E-state index in [9.17, 15) is 35.1 Å². The van der Waals surface area contributed by atoms with E-state index in [-0.39, 0.29) is 18.5 Å². The summed E-state index contributed by atoms with van der Waals surface area (Å²) in [6.45, 7) is 4.17. The van der Waals surface area contributed by atoms with Crippen molar-refractivity contribution in [2.45, 2.75) is 256 Å². The van der Waals surface area contributed by atoms with Crippen LogP contribution >= 0.6 is 0 Å². The lowest BCUT2D eigenvalue weighted by molar-refractivity contribution is -0.302. The summed E-state index contributed by atoms with van der Waals surface area (Å²) in [7, 11) is 0. The van der Waals surface area contributed by atoms with Crippen molar-refractivity contribution in [1.82, 2.24) is 5.32 Å². The van der Waals surface area contributed by atoms with E-state index in [0.717, 1.165) is 83.5 Å². The Kier molecular flexibility index (Phi) is 38.8. The van der Waals surface area contributed by atoms with Crippen LogP contribution in [0, 0.1) is 0 Å². The number of carbonyl (C=O) groups is 2. The molecule has 11 heteroatoms. The highest BCUT2D eigenvalue weighted by atomic mass is 16.7. The molecule has 0 aromatic rings. The van der Waals surface area contributed by atoms with Crippen molar-refractivity contribution >= 4 is 11.9 Å². The van der Waals surface area contributed by atoms with Crippen LogP contribution in [0.4, 0.5) is 0 Å². The lowest BCUT2D eigenvalue weighted by Gasteiger charge is -2.40. The first kappa shape index (κ1) is 57.9. The minimum Gasteiger partial charge on any atom is -0.466 e. The second-order valence-electron chi connectivity index (χ2n) is 17.5. The van der Waals surface area contributed by atoms with Crippen LogP contribution in [0.1, 0.15) is 213 Å². The molecule has 0 saturated carbocycles. The van der Waals surface area contributed by atoms with Gasteiger partial charge in [-0.1, -0.05) is 159 Å². The van der Waals surface area contributed by atoms with Crippen LogP contribution in [0.3, 0.4) is 0 Å². The molecule has 0 aromatic heterocycles. The third kappa shape index (κ3) is 31.7. The molecule has 1 fully saturated rings. The number of esters is 1. The Morgan fingerprint density at radius 3 is 1.60 bits per heavy atom. The van der Waals surface area contributed by atoms with E-state index in [0.29, 0.717) is 25.9 Å². The Morgan fingerprint density at radius 1 is 0.581 bits per heavy atom. The lowest BCUT2D eigenvalue weighted by Crippen LogP contribution is -2.60. The van der Waals surface area contributed by atoms with Crippen LogP contribution < -0.4 is 5.32 Å². The zero-order valence-electron chi connectivity index (χ0n) is 39.3. The average Bonchev–Trinajstić information content (AvgIpc) is 3.27. The number of aliphatic hydroxyl groups excluding tert-OH is 5. The number of hydrogen-bond donors (Lipinski definition) is 6. The number of aliphatic hydroxyl groups is 5. The summed E-state index contributed by atoms with van der Waals surface area (Å²) in [5.74, 6) is -0.282. The summed E-state index contributed by atoms with van der Waals surface area (Å²) in [5.41, 5.74) is 0. The fraction of sp³-hybridized carbons (Fsp3) is 0.843. The van der Waals surface area contributed by atoms with Gasteiger partial charge in [-0.3, -0.25) is 9.59 Å². The predicted octanol–water partition coefficient (Wildman–Crippen LogP) is 9.99. The smallest absolute Gasteiger partial charge is 0.305 e. The highest BCUT2D eigenvalue weighted by molar-refractivity contribution is 5.76. The van der Waals surface area contributed by atoms with Gasteiger partial charge in [-0.15, -0.1) is 0 Å². The van der Waals surface area contributed by atoms with Crippen molar-refractivity contribution in [3.05, 3.63) is 36.5 Å². The summed E-state index contributed by atoms with van der Waals surface area (Å²) in [5, 5.41) is 54.2. The molecule has 1 aliphatic heterocycles. The van der Waals surface area contributed by atoms with Crippen molar-refractivity contribution in [3.63, 3.8) is 0 Å². The first-order chi connectivity index (χ1) is 30.2. The van der Waals surface area contributed by atoms with Gasteiger partial charge in [0.2, 0.25) is 5.91 Å². The molecule has 6 N–H and O–H groups in total. The maximum atomic E-state index is 13.0. The van der Waals surface area contributed by atoms with Gasteiger partial charge in [0, 0.05) is 12.8 Å². The van der Waals surface area contributed by atoms with E-state index in [1.807, 2.05) is 6.08 Å². The standard InChI is InChI=1S/C51H93NO10/c1-3-5-7-9-11-13-15-18-21-25-29-33-37-44(54)43(42-61-51-50(59)49(58)48(57)45(41-53)62-51)52-46(55)38-34-30-26-22-19-16-20-24-28-32-36-40-60-47(56)39-35-31-27-23-17-14-12-10-8-6-4-2/h10,12,20,24,33,37,43-45,48-51,53-54,57-59H,3-9,11,13-19,21-23,25-32,34-36,38-42H2,1-2H3,(H,52,55)/b12-10-,24-20-,37-33+. The molecule has 7 atom stereocenters. The van der Waals surface area contributed by atoms with Gasteiger partial charge in [0.25, 0.3) is 0 Å². The highest BCUT2D eigenvalue weighted by Gasteiger charge is 2.44. The van der Waals surface area contributed by atoms with Crippen LogP contribution in [-0.2, 0) is 23.8 Å². The molecule has 0 aromatic carbocycles. The van der Waals surface area contributed by atoms with E-state index in [1.165, 1.54) is 96.3 Å². The number of amides is 1. The number of nitrogens with one attached hydrogen (secondary N) is 1. The minimum atomic E-state index is -1.58. The number of rotatable bonds is 42. The fourth-order valence-electron chi connectivity index (χ4n) is 7.58. The largest absolute Gasteiger partial charge is 0.466 e. The van der Waals surface area contributed by atoms with Crippen LogP contribution in [0.25, 0.3) is 0 Å². The van der Waals surface area contributed by atoms with Crippen LogP contribution in [0.5, 0.6) is 0 Å². The molecule has 1 aliphatic rings. The summed E-state index contributed by atoms with van der Waals surface area (Å²) in [6.07, 6.45) is 37.9. The second kappa shape index (κ2) is 41.6. The molecule has 1 amide bonds. The molecule has 1 saturated heterocycles. The summed E-state index contributed by atoms with van der Waals surface area (Å²) >= 11 is 0. The van der Waals surface area contributed by atoms with Gasteiger partial charge in [0.05, 0.1) is 32.0 Å². The topological polar surface area (TPSA) is 175 Å². The van der Waals surface area contributed by atoms with Crippen molar-refractivity contribution in [2.75, 3.05) is 19.8 Å². The maximum Gasteiger partial charge on any atom is 0.305 e. The molecule has 1 rings (SSSR count). The number of unbranched alkanes of at least 4 members (excludes halogenated alkanes) is 24. The van der Waals surface area contributed by atoms with Gasteiger partial charge in [0.1, 0.15) is 24.4 Å². The van der Waals surface area contributed by atoms with Crippen molar-refractivity contribution < 1.29 is 49.3 Å². The molecule has 0 bridgehead atoms. The Hall–Kier alpha value is -2.12. The molecular formula is C51H93NO10. The molecule has 7 unspecified atom stereocenters. The number of ether oxygens (including phenoxy) is 3. The minimum absolute atomic E-state index is 0.0691. The van der Waals surface area contributed by atoms with E-state index >= 15 is 0 Å². The first-order valence-electron chi connectivity index (χ1n) is 25.3. The van der Waals surface area contributed by atoms with E-state index in [1.54, 1.807) is 6.08 Å². The summed E-state index contributed by atoms with van der Waals surface area (Å²) in [6, 6.07) is -0.830. The third-order valence-electron chi connectivity index (χ3n) is 11.7. The monoisotopic (exact) mass is 880 g/mol. The molecule has 11 nitrogen and oxygen atoms in total. The van der Waals surface area contributed by atoms with Crippen molar-refractivity contribution in [2.24, 2.45) is 0 Å². The Morgan fingerprint density at radius 2 is 1.05 bits per heavy atom. The number of carbonyl (C=O) groups excluding carboxylic acids is 2. The highest BCUT2D eigenvalue weighted by Crippen LogP contribution is 2.22. The quantitative estimate of drug-likeness (QED) is 0.0197. The van der Waals surface area contributed by atoms with Crippen LogP contribution in [0.15, 0.2) is 36.5 Å². The van der Waals surface area contributed by atoms with Gasteiger partial charge in [-0.25, -0.2) is 0 Å². The van der Waals surface area contributed by atoms with Crippen LogP contribution in [0.2, 0.25) is 0 Å². The molecule has 1 heterocycles. The summed E-state index contributed by atoms with van der Waals surface area (Å²) < 4.78 is 16.6. The maximum absolute atomic E-state index is 13.0. The Labute approximate surface area is 377 Å². The average molecular weight is 880 g/mol.